The highest BCUT2D eigenvalue weighted by atomic mass is 16.2. The molecule has 1 aliphatic heterocycles. The summed E-state index contributed by atoms with van der Waals surface area (Å²) in [4.78, 5) is 26.2. The van der Waals surface area contributed by atoms with Crippen LogP contribution in [0.15, 0.2) is 24.3 Å². The Morgan fingerprint density at radius 3 is 2.55 bits per heavy atom. The standard InChI is InChI=1S/C16H22N2O2/c1-11(2)8-15(19)18-10-13-7-5-4-6-12(13)9-14(18)16(20)17-3/h4-7,11,14H,8-10H2,1-3H3,(H,17,20). The average molecular weight is 274 g/mol. The molecular weight excluding hydrogens is 252 g/mol. The van der Waals surface area contributed by atoms with Gasteiger partial charge in [-0.25, -0.2) is 0 Å². The predicted molar refractivity (Wildman–Crippen MR) is 78.0 cm³/mol. The Balaban J connectivity index is 2.27. The van der Waals surface area contributed by atoms with Crippen LogP contribution in [0.4, 0.5) is 0 Å². The van der Waals surface area contributed by atoms with Crippen LogP contribution in [0.3, 0.4) is 0 Å². The first-order valence-corrected chi connectivity index (χ1v) is 7.10. The van der Waals surface area contributed by atoms with E-state index in [1.165, 1.54) is 0 Å². The molecule has 4 heteroatoms. The van der Waals surface area contributed by atoms with Crippen molar-refractivity contribution in [2.75, 3.05) is 7.05 Å². The molecule has 20 heavy (non-hydrogen) atoms. The van der Waals surface area contributed by atoms with Gasteiger partial charge in [-0.15, -0.1) is 0 Å². The highest BCUT2D eigenvalue weighted by molar-refractivity contribution is 5.88. The second-order valence-electron chi connectivity index (χ2n) is 5.72. The Morgan fingerprint density at radius 2 is 1.95 bits per heavy atom. The van der Waals surface area contributed by atoms with Crippen molar-refractivity contribution in [1.82, 2.24) is 10.2 Å². The fourth-order valence-corrected chi connectivity index (χ4v) is 2.65. The number of likely N-dealkylation sites (N-methyl/N-ethyl adjacent to an activating group) is 1. The van der Waals surface area contributed by atoms with Crippen molar-refractivity contribution in [3.8, 4) is 0 Å². The molecule has 0 saturated heterocycles. The van der Waals surface area contributed by atoms with E-state index in [-0.39, 0.29) is 17.9 Å². The summed E-state index contributed by atoms with van der Waals surface area (Å²) in [6, 6.07) is 7.64. The van der Waals surface area contributed by atoms with Gasteiger partial charge in [0.1, 0.15) is 6.04 Å². The van der Waals surface area contributed by atoms with Gasteiger partial charge in [-0.3, -0.25) is 9.59 Å². The predicted octanol–water partition coefficient (Wildman–Crippen LogP) is 1.73. The summed E-state index contributed by atoms with van der Waals surface area (Å²) in [6.07, 6.45) is 1.08. The summed E-state index contributed by atoms with van der Waals surface area (Å²) in [7, 11) is 1.62. The zero-order chi connectivity index (χ0) is 14.7. The summed E-state index contributed by atoms with van der Waals surface area (Å²) >= 11 is 0. The number of nitrogens with zero attached hydrogens (tertiary/aromatic N) is 1. The first kappa shape index (κ1) is 14.6. The van der Waals surface area contributed by atoms with Crippen molar-refractivity contribution in [3.05, 3.63) is 35.4 Å². The zero-order valence-electron chi connectivity index (χ0n) is 12.3. The van der Waals surface area contributed by atoms with Crippen molar-refractivity contribution in [2.45, 2.75) is 39.3 Å². The number of carbonyl (C=O) groups excluding carboxylic acids is 2. The van der Waals surface area contributed by atoms with Gasteiger partial charge in [-0.1, -0.05) is 38.1 Å². The summed E-state index contributed by atoms with van der Waals surface area (Å²) in [5, 5.41) is 2.67. The van der Waals surface area contributed by atoms with Crippen molar-refractivity contribution in [2.24, 2.45) is 5.92 Å². The number of hydrogen-bond donors (Lipinski definition) is 1. The Hall–Kier alpha value is -1.84. The number of amides is 2. The molecule has 1 aromatic carbocycles. The molecule has 0 spiro atoms. The smallest absolute Gasteiger partial charge is 0.242 e. The molecule has 0 radical (unpaired) electrons. The maximum absolute atomic E-state index is 12.4. The normalized spacial score (nSPS) is 17.8. The third-order valence-electron chi connectivity index (χ3n) is 3.70. The van der Waals surface area contributed by atoms with E-state index in [0.29, 0.717) is 25.3 Å². The number of carbonyl (C=O) groups is 2. The lowest BCUT2D eigenvalue weighted by atomic mass is 9.92. The van der Waals surface area contributed by atoms with Crippen LogP contribution in [-0.2, 0) is 22.6 Å². The number of rotatable bonds is 3. The Bertz CT molecular complexity index is 511. The minimum Gasteiger partial charge on any atom is -0.357 e. The van der Waals surface area contributed by atoms with Crippen LogP contribution >= 0.6 is 0 Å². The van der Waals surface area contributed by atoms with Gasteiger partial charge >= 0.3 is 0 Å². The maximum atomic E-state index is 12.4. The van der Waals surface area contributed by atoms with Crippen molar-refractivity contribution in [3.63, 3.8) is 0 Å². The van der Waals surface area contributed by atoms with Gasteiger partial charge in [0.05, 0.1) is 0 Å². The molecule has 0 bridgehead atoms. The Labute approximate surface area is 120 Å². The number of hydrogen-bond acceptors (Lipinski definition) is 2. The minimum atomic E-state index is -0.388. The SMILES string of the molecule is CNC(=O)C1Cc2ccccc2CN1C(=O)CC(C)C. The van der Waals surface area contributed by atoms with Gasteiger partial charge in [0.15, 0.2) is 0 Å². The summed E-state index contributed by atoms with van der Waals surface area (Å²) in [6.45, 7) is 4.56. The lowest BCUT2D eigenvalue weighted by molar-refractivity contribution is -0.142. The van der Waals surface area contributed by atoms with Gasteiger partial charge in [-0.2, -0.15) is 0 Å². The maximum Gasteiger partial charge on any atom is 0.242 e. The molecule has 0 saturated carbocycles. The van der Waals surface area contributed by atoms with Gasteiger partial charge in [0.2, 0.25) is 11.8 Å². The molecule has 2 rings (SSSR count). The molecule has 4 nitrogen and oxygen atoms in total. The lowest BCUT2D eigenvalue weighted by Crippen LogP contribution is -2.52. The molecule has 2 amide bonds. The molecule has 0 fully saturated rings. The minimum absolute atomic E-state index is 0.0584. The van der Waals surface area contributed by atoms with Crippen molar-refractivity contribution < 1.29 is 9.59 Å². The summed E-state index contributed by atoms with van der Waals surface area (Å²) in [5.41, 5.74) is 2.31. The second-order valence-corrected chi connectivity index (χ2v) is 5.72. The van der Waals surface area contributed by atoms with Gasteiger partial charge in [0, 0.05) is 26.4 Å². The van der Waals surface area contributed by atoms with E-state index in [1.54, 1.807) is 11.9 Å². The van der Waals surface area contributed by atoms with Crippen LogP contribution in [0.1, 0.15) is 31.4 Å². The highest BCUT2D eigenvalue weighted by Gasteiger charge is 2.33. The molecule has 0 aliphatic carbocycles. The fraction of sp³-hybridized carbons (Fsp3) is 0.500. The van der Waals surface area contributed by atoms with Crippen LogP contribution in [0, 0.1) is 5.92 Å². The first-order chi connectivity index (χ1) is 9.52. The number of fused-ring (bicyclic) bond motifs is 1. The largest absolute Gasteiger partial charge is 0.357 e. The van der Waals surface area contributed by atoms with E-state index in [9.17, 15) is 9.59 Å². The average Bonchev–Trinajstić information content (AvgIpc) is 2.44. The first-order valence-electron chi connectivity index (χ1n) is 7.10. The third kappa shape index (κ3) is 3.00. The zero-order valence-corrected chi connectivity index (χ0v) is 12.3. The third-order valence-corrected chi connectivity index (χ3v) is 3.70. The van der Waals surface area contributed by atoms with E-state index >= 15 is 0 Å². The number of benzene rings is 1. The quantitative estimate of drug-likeness (QED) is 0.912. The molecule has 1 aliphatic rings. The molecule has 0 aromatic heterocycles. The van der Waals surface area contributed by atoms with E-state index in [2.05, 4.69) is 5.32 Å². The molecule has 1 N–H and O–H groups in total. The van der Waals surface area contributed by atoms with E-state index in [4.69, 9.17) is 0 Å². The van der Waals surface area contributed by atoms with Crippen LogP contribution < -0.4 is 5.32 Å². The monoisotopic (exact) mass is 274 g/mol. The van der Waals surface area contributed by atoms with Crippen LogP contribution in [0.2, 0.25) is 0 Å². The van der Waals surface area contributed by atoms with Gasteiger partial charge in [0.25, 0.3) is 0 Å². The molecule has 1 aromatic rings. The van der Waals surface area contributed by atoms with Crippen LogP contribution in [0.5, 0.6) is 0 Å². The van der Waals surface area contributed by atoms with E-state index < -0.39 is 0 Å². The summed E-state index contributed by atoms with van der Waals surface area (Å²) < 4.78 is 0. The molecule has 1 atom stereocenters. The molecule has 1 heterocycles. The molecule has 108 valence electrons. The lowest BCUT2D eigenvalue weighted by Gasteiger charge is -2.36. The van der Waals surface area contributed by atoms with Crippen molar-refractivity contribution in [1.29, 1.82) is 0 Å². The van der Waals surface area contributed by atoms with Crippen LogP contribution in [-0.4, -0.2) is 29.8 Å². The van der Waals surface area contributed by atoms with Gasteiger partial charge < -0.3 is 10.2 Å². The summed E-state index contributed by atoms with van der Waals surface area (Å²) in [5.74, 6) is 0.268. The van der Waals surface area contributed by atoms with Crippen LogP contribution in [0.25, 0.3) is 0 Å². The van der Waals surface area contributed by atoms with E-state index in [0.717, 1.165) is 11.1 Å². The molecular formula is C16H22N2O2. The number of nitrogens with one attached hydrogen (secondary N) is 1. The van der Waals surface area contributed by atoms with E-state index in [1.807, 2.05) is 38.1 Å². The second kappa shape index (κ2) is 6.07. The molecule has 1 unspecified atom stereocenters. The van der Waals surface area contributed by atoms with Gasteiger partial charge in [-0.05, 0) is 17.0 Å². The Kier molecular flexibility index (Phi) is 4.42. The highest BCUT2D eigenvalue weighted by Crippen LogP contribution is 2.24. The topological polar surface area (TPSA) is 49.4 Å². The Morgan fingerprint density at radius 1 is 1.30 bits per heavy atom. The fourth-order valence-electron chi connectivity index (χ4n) is 2.65. The van der Waals surface area contributed by atoms with Crippen molar-refractivity contribution >= 4 is 11.8 Å².